The number of nitrogen functional groups attached to an aromatic ring is 1. The maximum atomic E-state index is 12.4. The van der Waals surface area contributed by atoms with Crippen molar-refractivity contribution in [1.82, 2.24) is 14.6 Å². The summed E-state index contributed by atoms with van der Waals surface area (Å²) in [5.41, 5.74) is 5.48. The van der Waals surface area contributed by atoms with Crippen LogP contribution in [-0.2, 0) is 28.7 Å². The van der Waals surface area contributed by atoms with Crippen molar-refractivity contribution < 1.29 is 38.2 Å². The maximum absolute atomic E-state index is 12.4. The van der Waals surface area contributed by atoms with E-state index >= 15 is 0 Å². The van der Waals surface area contributed by atoms with Crippen molar-refractivity contribution in [2.75, 3.05) is 32.2 Å². The van der Waals surface area contributed by atoms with Gasteiger partial charge in [0, 0.05) is 13.2 Å². The van der Waals surface area contributed by atoms with Crippen LogP contribution in [0, 0.1) is 0 Å². The second kappa shape index (κ2) is 20.7. The minimum absolute atomic E-state index is 0.0295. The van der Waals surface area contributed by atoms with Gasteiger partial charge in [-0.1, -0.05) is 96.8 Å². The molecular weight excluding hydrogens is 611 g/mol. The van der Waals surface area contributed by atoms with Gasteiger partial charge in [-0.05, 0) is 38.3 Å². The molecule has 0 aliphatic carbocycles. The molecule has 2 aromatic rings. The number of anilines is 1. The van der Waals surface area contributed by atoms with Crippen LogP contribution < -0.4 is 5.73 Å². The van der Waals surface area contributed by atoms with Crippen molar-refractivity contribution in [3.63, 3.8) is 0 Å². The molecule has 13 heteroatoms. The highest BCUT2D eigenvalue weighted by Crippen LogP contribution is 2.46. The fraction of sp³-hybridized carbons (Fsp3) is 0.818. The molecule has 5 N–H and O–H groups in total. The molecule has 264 valence electrons. The van der Waals surface area contributed by atoms with Gasteiger partial charge < -0.3 is 30.3 Å². The number of ether oxygens (including phenoxy) is 2. The van der Waals surface area contributed by atoms with Crippen LogP contribution in [0.5, 0.6) is 0 Å². The molecule has 0 aromatic carbocycles. The summed E-state index contributed by atoms with van der Waals surface area (Å²) in [4.78, 5) is 14.1. The molecule has 2 aromatic heterocycles. The Hall–Kier alpha value is -1.63. The average Bonchev–Trinajstić information content (AvgIpc) is 3.57. The van der Waals surface area contributed by atoms with Crippen LogP contribution in [0.15, 0.2) is 18.5 Å². The highest BCUT2D eigenvalue weighted by molar-refractivity contribution is 7.47. The fourth-order valence-electron chi connectivity index (χ4n) is 6.02. The lowest BCUT2D eigenvalue weighted by atomic mass is 9.93. The number of hydrogen-bond acceptors (Lipinski definition) is 10. The van der Waals surface area contributed by atoms with Gasteiger partial charge in [-0.3, -0.25) is 9.05 Å². The number of nitrogens with two attached hydrogens (primary N) is 1. The Labute approximate surface area is 275 Å². The lowest BCUT2D eigenvalue weighted by Crippen LogP contribution is -2.39. The van der Waals surface area contributed by atoms with Crippen LogP contribution >= 0.6 is 7.82 Å². The maximum Gasteiger partial charge on any atom is 0.472 e. The normalized spacial score (nSPS) is 22.9. The zero-order valence-corrected chi connectivity index (χ0v) is 29.0. The first-order valence-corrected chi connectivity index (χ1v) is 19.0. The van der Waals surface area contributed by atoms with Crippen molar-refractivity contribution in [3.8, 4) is 0 Å². The van der Waals surface area contributed by atoms with Crippen LogP contribution in [0.1, 0.15) is 129 Å². The van der Waals surface area contributed by atoms with E-state index in [2.05, 4.69) is 17.0 Å². The number of aliphatic hydroxyl groups excluding tert-OH is 2. The van der Waals surface area contributed by atoms with E-state index in [1.807, 2.05) is 0 Å². The summed E-state index contributed by atoms with van der Waals surface area (Å²) in [6.07, 6.45) is 18.7. The van der Waals surface area contributed by atoms with Gasteiger partial charge in [0.15, 0.2) is 5.82 Å². The van der Waals surface area contributed by atoms with Crippen molar-refractivity contribution in [1.29, 1.82) is 0 Å². The van der Waals surface area contributed by atoms with E-state index in [1.165, 1.54) is 101 Å². The van der Waals surface area contributed by atoms with E-state index in [4.69, 9.17) is 24.3 Å². The molecule has 2 unspecified atom stereocenters. The zero-order valence-electron chi connectivity index (χ0n) is 28.1. The van der Waals surface area contributed by atoms with Crippen molar-refractivity contribution >= 4 is 19.2 Å². The Kier molecular flexibility index (Phi) is 17.4. The Bertz CT molecular complexity index is 1170. The van der Waals surface area contributed by atoms with Gasteiger partial charge in [-0.25, -0.2) is 14.1 Å². The number of rotatable bonds is 26. The third-order valence-electron chi connectivity index (χ3n) is 8.89. The first-order valence-electron chi connectivity index (χ1n) is 17.5. The smallest absolute Gasteiger partial charge is 0.387 e. The van der Waals surface area contributed by atoms with Gasteiger partial charge >= 0.3 is 7.82 Å². The lowest BCUT2D eigenvalue weighted by molar-refractivity contribution is -0.0888. The van der Waals surface area contributed by atoms with Crippen LogP contribution in [0.2, 0.25) is 0 Å². The number of aliphatic hydroxyl groups is 2. The van der Waals surface area contributed by atoms with E-state index in [9.17, 15) is 19.7 Å². The van der Waals surface area contributed by atoms with Crippen molar-refractivity contribution in [2.24, 2.45) is 0 Å². The molecule has 1 aliphatic rings. The molecule has 0 bridgehead atoms. The average molecular weight is 671 g/mol. The molecule has 0 saturated carbocycles. The molecule has 46 heavy (non-hydrogen) atoms. The SMILES string of the molecule is CCCCCCCCCCCCCCCCCOCCCCOP(=O)(O)OCC1O[C@@](C)(c2ccc3c(N)ncnn23)[C@H](O)[C@@H]1O. The van der Waals surface area contributed by atoms with Crippen molar-refractivity contribution in [3.05, 3.63) is 24.2 Å². The molecule has 3 rings (SSSR count). The highest BCUT2D eigenvalue weighted by atomic mass is 31.2. The summed E-state index contributed by atoms with van der Waals surface area (Å²) in [6.45, 7) is 4.74. The summed E-state index contributed by atoms with van der Waals surface area (Å²) >= 11 is 0. The first kappa shape index (κ1) is 38.8. The van der Waals surface area contributed by atoms with Crippen LogP contribution in [0.25, 0.3) is 5.52 Å². The van der Waals surface area contributed by atoms with E-state index in [0.29, 0.717) is 30.7 Å². The Morgan fingerprint density at radius 1 is 0.870 bits per heavy atom. The number of nitrogens with zero attached hydrogens (tertiary/aromatic N) is 3. The first-order chi connectivity index (χ1) is 22.2. The largest absolute Gasteiger partial charge is 0.472 e. The van der Waals surface area contributed by atoms with E-state index in [0.717, 1.165) is 13.0 Å². The zero-order chi connectivity index (χ0) is 33.3. The van der Waals surface area contributed by atoms with E-state index in [-0.39, 0.29) is 12.4 Å². The number of fused-ring (bicyclic) bond motifs is 1. The van der Waals surface area contributed by atoms with Crippen molar-refractivity contribution in [2.45, 2.75) is 147 Å². The minimum atomic E-state index is -4.39. The summed E-state index contributed by atoms with van der Waals surface area (Å²) in [6, 6.07) is 3.36. The Balaban J connectivity index is 1.17. The number of unbranched alkanes of at least 4 members (excludes halogenated alkanes) is 15. The Morgan fingerprint density at radius 3 is 2.02 bits per heavy atom. The molecular formula is C33H59N4O8P. The predicted molar refractivity (Wildman–Crippen MR) is 178 cm³/mol. The summed E-state index contributed by atoms with van der Waals surface area (Å²) in [7, 11) is -4.39. The molecule has 5 atom stereocenters. The summed E-state index contributed by atoms with van der Waals surface area (Å²) in [5, 5.41) is 25.6. The topological polar surface area (TPSA) is 171 Å². The third-order valence-corrected chi connectivity index (χ3v) is 9.87. The highest BCUT2D eigenvalue weighted by Gasteiger charge is 2.54. The Morgan fingerprint density at radius 2 is 1.41 bits per heavy atom. The molecule has 1 saturated heterocycles. The second-order valence-electron chi connectivity index (χ2n) is 12.7. The molecule has 12 nitrogen and oxygen atoms in total. The van der Waals surface area contributed by atoms with E-state index in [1.54, 1.807) is 19.1 Å². The molecule has 3 heterocycles. The summed E-state index contributed by atoms with van der Waals surface area (Å²) < 4.78 is 35.7. The van der Waals surface area contributed by atoms with Gasteiger partial charge in [0.05, 0.1) is 18.9 Å². The number of phosphoric ester groups is 1. The van der Waals surface area contributed by atoms with Gasteiger partial charge in [-0.15, -0.1) is 0 Å². The number of aromatic nitrogens is 3. The number of hydrogen-bond donors (Lipinski definition) is 4. The van der Waals surface area contributed by atoms with Gasteiger partial charge in [0.2, 0.25) is 0 Å². The minimum Gasteiger partial charge on any atom is -0.387 e. The predicted octanol–water partition coefficient (Wildman–Crippen LogP) is 6.45. The van der Waals surface area contributed by atoms with Crippen LogP contribution in [0.4, 0.5) is 5.82 Å². The van der Waals surface area contributed by atoms with Crippen LogP contribution in [-0.4, -0.2) is 74.4 Å². The molecule has 0 amide bonds. The molecule has 0 spiro atoms. The van der Waals surface area contributed by atoms with E-state index < -0.39 is 38.3 Å². The second-order valence-corrected chi connectivity index (χ2v) is 14.2. The quantitative estimate of drug-likeness (QED) is 0.0641. The lowest BCUT2D eigenvalue weighted by Gasteiger charge is -2.27. The fourth-order valence-corrected chi connectivity index (χ4v) is 6.79. The van der Waals surface area contributed by atoms with Gasteiger partial charge in [0.25, 0.3) is 0 Å². The van der Waals surface area contributed by atoms with Gasteiger partial charge in [-0.2, -0.15) is 5.10 Å². The standard InChI is InChI=1S/C33H59N4O8P/c1-3-4-5-6-7-8-9-10-11-12-13-14-15-16-17-22-42-23-18-19-24-43-46(40,41)44-25-28-30(38)31(39)33(2,45-28)29-21-20-27-32(34)35-26-36-37(27)29/h20-21,26,28,30-31,38-39H,3-19,22-25H2,1-2H3,(H,40,41)(H2,34,35,36)/t28?,30-,31-,33+/m1/s1. The third kappa shape index (κ3) is 12.4. The molecule has 1 aliphatic heterocycles. The molecule has 1 fully saturated rings. The van der Waals surface area contributed by atoms with Gasteiger partial charge in [0.1, 0.15) is 35.8 Å². The summed E-state index contributed by atoms with van der Waals surface area (Å²) in [5.74, 6) is 0.253. The molecule has 0 radical (unpaired) electrons. The van der Waals surface area contributed by atoms with Crippen LogP contribution in [0.3, 0.4) is 0 Å². The number of phosphoric acid groups is 1. The monoisotopic (exact) mass is 670 g/mol.